The first-order valence-electron chi connectivity index (χ1n) is 9.24. The topological polar surface area (TPSA) is 125 Å². The molecule has 0 aromatic heterocycles. The number of ether oxygens (including phenoxy) is 1. The number of primary amides is 2. The number of nitrogens with one attached hydrogen (secondary N) is 1. The van der Waals surface area contributed by atoms with Crippen LogP contribution in [0.3, 0.4) is 0 Å². The molecule has 7 nitrogen and oxygen atoms in total. The fraction of sp³-hybridized carbons (Fsp3) is 0.0870. The molecule has 0 spiro atoms. The predicted octanol–water partition coefficient (Wildman–Crippen LogP) is 2.40. The molecular weight excluding hydrogens is 382 g/mol. The fourth-order valence-corrected chi connectivity index (χ4v) is 2.81. The van der Waals surface area contributed by atoms with Crippen molar-refractivity contribution in [3.05, 3.63) is 95.6 Å². The van der Waals surface area contributed by atoms with Gasteiger partial charge in [0.25, 0.3) is 5.91 Å². The number of amides is 3. The summed E-state index contributed by atoms with van der Waals surface area (Å²) >= 11 is 0. The molecule has 0 saturated heterocycles. The van der Waals surface area contributed by atoms with Crippen molar-refractivity contribution in [1.29, 1.82) is 0 Å². The first kappa shape index (κ1) is 20.6. The molecule has 3 aromatic rings. The van der Waals surface area contributed by atoms with Gasteiger partial charge in [-0.05, 0) is 54.1 Å². The standard InChI is InChI=1S/C23H21N3O4/c24-21(27)16-6-10-18(11-7-16)30-19-12-8-17(9-13-19)23(29)26-20(22(25)28)14-15-4-2-1-3-5-15/h1-13,20H,14H2,(H2,24,27)(H2,25,28)(H,26,29). The highest BCUT2D eigenvalue weighted by Crippen LogP contribution is 2.22. The third-order valence-corrected chi connectivity index (χ3v) is 4.42. The van der Waals surface area contributed by atoms with E-state index >= 15 is 0 Å². The number of benzene rings is 3. The summed E-state index contributed by atoms with van der Waals surface area (Å²) in [4.78, 5) is 35.4. The molecule has 0 aliphatic heterocycles. The van der Waals surface area contributed by atoms with Crippen LogP contribution in [0, 0.1) is 0 Å². The molecule has 0 radical (unpaired) electrons. The Morgan fingerprint density at radius 3 is 1.80 bits per heavy atom. The summed E-state index contributed by atoms with van der Waals surface area (Å²) in [6.45, 7) is 0. The molecule has 7 heteroatoms. The van der Waals surface area contributed by atoms with Crippen LogP contribution in [0.5, 0.6) is 11.5 Å². The number of hydrogen-bond donors (Lipinski definition) is 3. The van der Waals surface area contributed by atoms with Gasteiger partial charge in [0.15, 0.2) is 0 Å². The van der Waals surface area contributed by atoms with Crippen molar-refractivity contribution in [2.45, 2.75) is 12.5 Å². The van der Waals surface area contributed by atoms with Gasteiger partial charge in [-0.15, -0.1) is 0 Å². The number of rotatable bonds is 8. The van der Waals surface area contributed by atoms with Gasteiger partial charge in [0.2, 0.25) is 11.8 Å². The van der Waals surface area contributed by atoms with Gasteiger partial charge in [-0.2, -0.15) is 0 Å². The van der Waals surface area contributed by atoms with E-state index in [-0.39, 0.29) is 0 Å². The quantitative estimate of drug-likeness (QED) is 0.534. The second-order valence-electron chi connectivity index (χ2n) is 6.63. The van der Waals surface area contributed by atoms with Gasteiger partial charge in [-0.25, -0.2) is 0 Å². The summed E-state index contributed by atoms with van der Waals surface area (Å²) in [5.41, 5.74) is 12.3. The molecule has 0 aliphatic carbocycles. The van der Waals surface area contributed by atoms with Crippen molar-refractivity contribution in [3.8, 4) is 11.5 Å². The molecule has 30 heavy (non-hydrogen) atoms. The van der Waals surface area contributed by atoms with Crippen LogP contribution in [0.1, 0.15) is 26.3 Å². The van der Waals surface area contributed by atoms with Crippen LogP contribution in [-0.2, 0) is 11.2 Å². The van der Waals surface area contributed by atoms with Crippen LogP contribution in [-0.4, -0.2) is 23.8 Å². The Balaban J connectivity index is 1.63. The monoisotopic (exact) mass is 403 g/mol. The highest BCUT2D eigenvalue weighted by Gasteiger charge is 2.19. The average molecular weight is 403 g/mol. The zero-order valence-electron chi connectivity index (χ0n) is 16.1. The molecule has 0 saturated carbocycles. The summed E-state index contributed by atoms with van der Waals surface area (Å²) in [5, 5.41) is 2.67. The summed E-state index contributed by atoms with van der Waals surface area (Å²) in [7, 11) is 0. The maximum Gasteiger partial charge on any atom is 0.251 e. The molecular formula is C23H21N3O4. The van der Waals surface area contributed by atoms with E-state index in [0.29, 0.717) is 29.0 Å². The fourth-order valence-electron chi connectivity index (χ4n) is 2.81. The molecule has 5 N–H and O–H groups in total. The molecule has 152 valence electrons. The van der Waals surface area contributed by atoms with E-state index in [9.17, 15) is 14.4 Å². The molecule has 1 atom stereocenters. The Morgan fingerprint density at radius 2 is 1.30 bits per heavy atom. The number of nitrogens with two attached hydrogens (primary N) is 2. The molecule has 0 fully saturated rings. The van der Waals surface area contributed by atoms with Gasteiger partial charge >= 0.3 is 0 Å². The van der Waals surface area contributed by atoms with Crippen molar-refractivity contribution >= 4 is 17.7 Å². The van der Waals surface area contributed by atoms with E-state index < -0.39 is 23.8 Å². The molecule has 3 rings (SSSR count). The predicted molar refractivity (Wildman–Crippen MR) is 112 cm³/mol. The lowest BCUT2D eigenvalue weighted by Gasteiger charge is -2.16. The van der Waals surface area contributed by atoms with Gasteiger partial charge in [0.05, 0.1) is 0 Å². The number of carbonyl (C=O) groups excluding carboxylic acids is 3. The summed E-state index contributed by atoms with van der Waals surface area (Å²) in [6, 6.07) is 21.3. The van der Waals surface area contributed by atoms with E-state index in [0.717, 1.165) is 5.56 Å². The van der Waals surface area contributed by atoms with Crippen LogP contribution < -0.4 is 21.5 Å². The van der Waals surface area contributed by atoms with Gasteiger partial charge in [0, 0.05) is 17.5 Å². The Morgan fingerprint density at radius 1 is 0.767 bits per heavy atom. The zero-order chi connectivity index (χ0) is 21.5. The third kappa shape index (κ3) is 5.45. The van der Waals surface area contributed by atoms with Crippen molar-refractivity contribution in [2.75, 3.05) is 0 Å². The molecule has 3 aromatic carbocycles. The molecule has 0 heterocycles. The number of carbonyl (C=O) groups is 3. The van der Waals surface area contributed by atoms with Crippen LogP contribution >= 0.6 is 0 Å². The summed E-state index contributed by atoms with van der Waals surface area (Å²) in [5.74, 6) is -0.500. The van der Waals surface area contributed by atoms with Crippen LogP contribution in [0.25, 0.3) is 0 Å². The lowest BCUT2D eigenvalue weighted by molar-refractivity contribution is -0.119. The number of hydrogen-bond acceptors (Lipinski definition) is 4. The van der Waals surface area contributed by atoms with E-state index in [2.05, 4.69) is 5.32 Å². The Hall–Kier alpha value is -4.13. The highest BCUT2D eigenvalue weighted by atomic mass is 16.5. The minimum atomic E-state index is -0.820. The zero-order valence-corrected chi connectivity index (χ0v) is 16.1. The van der Waals surface area contributed by atoms with E-state index in [1.165, 1.54) is 0 Å². The van der Waals surface area contributed by atoms with Gasteiger partial charge in [-0.1, -0.05) is 30.3 Å². The van der Waals surface area contributed by atoms with Crippen molar-refractivity contribution in [2.24, 2.45) is 11.5 Å². The molecule has 0 aliphatic rings. The van der Waals surface area contributed by atoms with E-state index in [4.69, 9.17) is 16.2 Å². The molecule has 3 amide bonds. The average Bonchev–Trinajstić information content (AvgIpc) is 2.75. The second-order valence-corrected chi connectivity index (χ2v) is 6.63. The second kappa shape index (κ2) is 9.38. The van der Waals surface area contributed by atoms with E-state index in [1.807, 2.05) is 30.3 Å². The maximum absolute atomic E-state index is 12.5. The van der Waals surface area contributed by atoms with Crippen molar-refractivity contribution in [1.82, 2.24) is 5.32 Å². The third-order valence-electron chi connectivity index (χ3n) is 4.42. The highest BCUT2D eigenvalue weighted by molar-refractivity contribution is 5.97. The van der Waals surface area contributed by atoms with Crippen LogP contribution in [0.2, 0.25) is 0 Å². The van der Waals surface area contributed by atoms with Gasteiger partial charge in [-0.3, -0.25) is 14.4 Å². The largest absolute Gasteiger partial charge is 0.457 e. The normalized spacial score (nSPS) is 11.3. The van der Waals surface area contributed by atoms with Crippen LogP contribution in [0.4, 0.5) is 0 Å². The first-order chi connectivity index (χ1) is 14.4. The Labute approximate surface area is 173 Å². The SMILES string of the molecule is NC(=O)c1ccc(Oc2ccc(C(=O)NC(Cc3ccccc3)C(N)=O)cc2)cc1. The summed E-state index contributed by atoms with van der Waals surface area (Å²) in [6.07, 6.45) is 0.310. The lowest BCUT2D eigenvalue weighted by atomic mass is 10.0. The van der Waals surface area contributed by atoms with Crippen molar-refractivity contribution < 1.29 is 19.1 Å². The van der Waals surface area contributed by atoms with Gasteiger partial charge < -0.3 is 21.5 Å². The molecule has 1 unspecified atom stereocenters. The smallest absolute Gasteiger partial charge is 0.251 e. The lowest BCUT2D eigenvalue weighted by Crippen LogP contribution is -2.45. The summed E-state index contributed by atoms with van der Waals surface area (Å²) < 4.78 is 5.69. The van der Waals surface area contributed by atoms with Crippen LogP contribution in [0.15, 0.2) is 78.9 Å². The Kier molecular flexibility index (Phi) is 6.44. The minimum absolute atomic E-state index is 0.310. The Bertz CT molecular complexity index is 1030. The minimum Gasteiger partial charge on any atom is -0.457 e. The first-order valence-corrected chi connectivity index (χ1v) is 9.24. The van der Waals surface area contributed by atoms with Gasteiger partial charge in [0.1, 0.15) is 17.5 Å². The molecule has 0 bridgehead atoms. The van der Waals surface area contributed by atoms with E-state index in [1.54, 1.807) is 48.5 Å². The maximum atomic E-state index is 12.5. The van der Waals surface area contributed by atoms with Crippen molar-refractivity contribution in [3.63, 3.8) is 0 Å².